The number of benzene rings is 2. The van der Waals surface area contributed by atoms with Crippen LogP contribution in [0.3, 0.4) is 0 Å². The molecule has 3 aromatic rings. The SMILES string of the molecule is COc1ccc(Cl)cc1CC(=O)Nc1ccc(-n2cc(C#N)cn2)c(S(=O)[O-])c1. The molecule has 1 aromatic heterocycles. The van der Waals surface area contributed by atoms with E-state index in [-0.39, 0.29) is 22.9 Å². The molecule has 0 radical (unpaired) electrons. The molecule has 0 aliphatic rings. The summed E-state index contributed by atoms with van der Waals surface area (Å²) in [6.07, 6.45) is 2.73. The van der Waals surface area contributed by atoms with Crippen molar-refractivity contribution in [1.29, 1.82) is 5.26 Å². The molecule has 0 aliphatic carbocycles. The number of ether oxygens (including phenoxy) is 1. The van der Waals surface area contributed by atoms with Crippen molar-refractivity contribution in [2.75, 3.05) is 12.4 Å². The number of aromatic nitrogens is 2. The summed E-state index contributed by atoms with van der Waals surface area (Å²) >= 11 is 3.39. The first-order valence-electron chi connectivity index (χ1n) is 8.22. The molecule has 1 N–H and O–H groups in total. The number of hydrogen-bond donors (Lipinski definition) is 1. The summed E-state index contributed by atoms with van der Waals surface area (Å²) in [5.41, 5.74) is 1.45. The molecule has 1 unspecified atom stereocenters. The Morgan fingerprint density at radius 2 is 2.17 bits per heavy atom. The lowest BCUT2D eigenvalue weighted by molar-refractivity contribution is -0.115. The van der Waals surface area contributed by atoms with Gasteiger partial charge in [0, 0.05) is 22.5 Å². The zero-order chi connectivity index (χ0) is 21.0. The Balaban J connectivity index is 1.84. The zero-order valence-electron chi connectivity index (χ0n) is 15.1. The number of carbonyl (C=O) groups excluding carboxylic acids is 1. The average Bonchev–Trinajstić information content (AvgIpc) is 3.17. The number of methoxy groups -OCH3 is 1. The van der Waals surface area contributed by atoms with E-state index in [1.807, 2.05) is 6.07 Å². The molecular weight excluding hydrogens is 416 g/mol. The number of nitrogens with zero attached hydrogens (tertiary/aromatic N) is 3. The first kappa shape index (κ1) is 20.5. The van der Waals surface area contributed by atoms with E-state index in [4.69, 9.17) is 21.6 Å². The normalized spacial score (nSPS) is 11.5. The fourth-order valence-corrected chi connectivity index (χ4v) is 3.44. The number of anilines is 1. The van der Waals surface area contributed by atoms with Crippen molar-refractivity contribution in [2.24, 2.45) is 0 Å². The molecule has 0 saturated carbocycles. The van der Waals surface area contributed by atoms with Gasteiger partial charge < -0.3 is 14.6 Å². The van der Waals surface area contributed by atoms with Gasteiger partial charge in [-0.05, 0) is 47.5 Å². The minimum atomic E-state index is -2.59. The van der Waals surface area contributed by atoms with Crippen LogP contribution in [0.4, 0.5) is 5.69 Å². The van der Waals surface area contributed by atoms with E-state index in [9.17, 15) is 13.6 Å². The molecule has 0 bridgehead atoms. The van der Waals surface area contributed by atoms with Gasteiger partial charge in [0.05, 0.1) is 35.9 Å². The first-order chi connectivity index (χ1) is 13.9. The van der Waals surface area contributed by atoms with Gasteiger partial charge in [0.15, 0.2) is 0 Å². The molecule has 0 saturated heterocycles. The molecule has 0 fully saturated rings. The van der Waals surface area contributed by atoms with Crippen LogP contribution < -0.4 is 10.1 Å². The Hall–Kier alpha value is -3.19. The van der Waals surface area contributed by atoms with Crippen molar-refractivity contribution in [3.8, 4) is 17.5 Å². The highest BCUT2D eigenvalue weighted by molar-refractivity contribution is 7.79. The highest BCUT2D eigenvalue weighted by atomic mass is 35.5. The Morgan fingerprint density at radius 3 is 2.83 bits per heavy atom. The molecule has 10 heteroatoms. The van der Waals surface area contributed by atoms with Crippen molar-refractivity contribution in [3.05, 3.63) is 64.9 Å². The lowest BCUT2D eigenvalue weighted by atomic mass is 10.1. The minimum absolute atomic E-state index is 0.00797. The molecule has 8 nitrogen and oxygen atoms in total. The molecule has 1 atom stereocenters. The number of halogens is 1. The average molecular weight is 430 g/mol. The van der Waals surface area contributed by atoms with Gasteiger partial charge in [-0.15, -0.1) is 0 Å². The molecule has 1 amide bonds. The Kier molecular flexibility index (Phi) is 6.29. The summed E-state index contributed by atoms with van der Waals surface area (Å²) in [6, 6.07) is 11.2. The van der Waals surface area contributed by atoms with Crippen LogP contribution >= 0.6 is 11.6 Å². The predicted octanol–water partition coefficient (Wildman–Crippen LogP) is 2.83. The van der Waals surface area contributed by atoms with Crippen molar-refractivity contribution < 1.29 is 18.3 Å². The monoisotopic (exact) mass is 429 g/mol. The van der Waals surface area contributed by atoms with Gasteiger partial charge in [0.2, 0.25) is 5.91 Å². The van der Waals surface area contributed by atoms with E-state index in [1.54, 1.807) is 24.3 Å². The van der Waals surface area contributed by atoms with Crippen LogP contribution in [-0.4, -0.2) is 31.6 Å². The molecule has 2 aromatic carbocycles. The molecule has 3 rings (SSSR count). The van der Waals surface area contributed by atoms with E-state index in [1.165, 1.54) is 36.3 Å². The lowest BCUT2D eigenvalue weighted by Gasteiger charge is -2.15. The predicted molar refractivity (Wildman–Crippen MR) is 106 cm³/mol. The number of nitriles is 1. The highest BCUT2D eigenvalue weighted by Crippen LogP contribution is 2.25. The van der Waals surface area contributed by atoms with Crippen LogP contribution in [0.1, 0.15) is 11.1 Å². The van der Waals surface area contributed by atoms with Gasteiger partial charge in [-0.2, -0.15) is 10.4 Å². The third-order valence-corrected chi connectivity index (χ3v) is 4.90. The van der Waals surface area contributed by atoms with Gasteiger partial charge >= 0.3 is 0 Å². The summed E-state index contributed by atoms with van der Waals surface area (Å²) in [7, 11) is 1.49. The topological polar surface area (TPSA) is 120 Å². The quantitative estimate of drug-likeness (QED) is 0.601. The standard InChI is InChI=1S/C19H15ClN4O4S/c1-28-17-5-2-14(20)6-13(17)7-19(25)23-15-3-4-16(18(8-15)29(26)27)24-11-12(9-21)10-22-24/h2-6,8,10-11H,7H2,1H3,(H,23,25)(H,26,27)/p-1. The second-order valence-electron chi connectivity index (χ2n) is 5.88. The largest absolute Gasteiger partial charge is 0.768 e. The number of carbonyl (C=O) groups is 1. The van der Waals surface area contributed by atoms with Crippen LogP contribution in [0.2, 0.25) is 5.02 Å². The lowest BCUT2D eigenvalue weighted by Crippen LogP contribution is -2.15. The summed E-state index contributed by atoms with van der Waals surface area (Å²) in [6.45, 7) is 0. The van der Waals surface area contributed by atoms with E-state index in [0.717, 1.165) is 0 Å². The number of amides is 1. The molecule has 0 spiro atoms. The number of rotatable bonds is 6. The molecular formula is C19H14ClN4O4S-. The van der Waals surface area contributed by atoms with Crippen LogP contribution in [0.15, 0.2) is 53.7 Å². The van der Waals surface area contributed by atoms with Gasteiger partial charge in [-0.1, -0.05) is 11.6 Å². The zero-order valence-corrected chi connectivity index (χ0v) is 16.7. The number of nitrogens with one attached hydrogen (secondary N) is 1. The first-order valence-corrected chi connectivity index (χ1v) is 9.67. The van der Waals surface area contributed by atoms with Crippen molar-refractivity contribution >= 4 is 34.3 Å². The molecule has 29 heavy (non-hydrogen) atoms. The Morgan fingerprint density at radius 1 is 1.38 bits per heavy atom. The van der Waals surface area contributed by atoms with E-state index in [0.29, 0.717) is 27.6 Å². The van der Waals surface area contributed by atoms with Crippen molar-refractivity contribution in [3.63, 3.8) is 0 Å². The molecule has 1 heterocycles. The van der Waals surface area contributed by atoms with Crippen LogP contribution in [0, 0.1) is 11.3 Å². The third kappa shape index (κ3) is 4.81. The van der Waals surface area contributed by atoms with E-state index < -0.39 is 11.1 Å². The summed E-state index contributed by atoms with van der Waals surface area (Å²) in [5.74, 6) is 0.153. The highest BCUT2D eigenvalue weighted by Gasteiger charge is 2.13. The summed E-state index contributed by atoms with van der Waals surface area (Å²) in [4.78, 5) is 12.3. The third-order valence-electron chi connectivity index (χ3n) is 3.98. The maximum absolute atomic E-state index is 12.4. The van der Waals surface area contributed by atoms with Crippen LogP contribution in [0.5, 0.6) is 5.75 Å². The van der Waals surface area contributed by atoms with Gasteiger partial charge in [-0.3, -0.25) is 9.00 Å². The van der Waals surface area contributed by atoms with E-state index >= 15 is 0 Å². The number of hydrogen-bond acceptors (Lipinski definition) is 6. The van der Waals surface area contributed by atoms with Crippen molar-refractivity contribution in [1.82, 2.24) is 9.78 Å². The fraction of sp³-hybridized carbons (Fsp3) is 0.105. The second-order valence-corrected chi connectivity index (χ2v) is 7.23. The smallest absolute Gasteiger partial charge is 0.228 e. The van der Waals surface area contributed by atoms with E-state index in [2.05, 4.69) is 10.4 Å². The minimum Gasteiger partial charge on any atom is -0.768 e. The molecule has 0 aliphatic heterocycles. The Bertz CT molecular complexity index is 1140. The van der Waals surface area contributed by atoms with Crippen molar-refractivity contribution in [2.45, 2.75) is 11.3 Å². The van der Waals surface area contributed by atoms with Crippen LogP contribution in [-0.2, 0) is 22.3 Å². The summed E-state index contributed by atoms with van der Waals surface area (Å²) < 4.78 is 29.9. The van der Waals surface area contributed by atoms with Gasteiger partial charge in [-0.25, -0.2) is 4.68 Å². The maximum atomic E-state index is 12.4. The van der Waals surface area contributed by atoms with Gasteiger partial charge in [0.1, 0.15) is 11.8 Å². The van der Waals surface area contributed by atoms with Gasteiger partial charge in [0.25, 0.3) is 0 Å². The summed E-state index contributed by atoms with van der Waals surface area (Å²) in [5, 5.41) is 16.0. The Labute approximate surface area is 174 Å². The maximum Gasteiger partial charge on any atom is 0.228 e. The fourth-order valence-electron chi connectivity index (χ4n) is 2.69. The second kappa shape index (κ2) is 8.87. The van der Waals surface area contributed by atoms with Crippen LogP contribution in [0.25, 0.3) is 5.69 Å². The molecule has 148 valence electrons.